The summed E-state index contributed by atoms with van der Waals surface area (Å²) in [7, 11) is -3.90. The van der Waals surface area contributed by atoms with Crippen molar-refractivity contribution >= 4 is 66.7 Å². The molecule has 0 atom stereocenters. The van der Waals surface area contributed by atoms with Crippen LogP contribution in [0.4, 0.5) is 0 Å². The van der Waals surface area contributed by atoms with E-state index in [0.29, 0.717) is 16.5 Å². The first-order chi connectivity index (χ1) is 16.0. The monoisotopic (exact) mass is 542 g/mol. The number of carbonyl (C=O) groups is 2. The molecule has 0 saturated carbocycles. The quantitative estimate of drug-likeness (QED) is 0.505. The van der Waals surface area contributed by atoms with Crippen molar-refractivity contribution in [1.29, 1.82) is 0 Å². The second kappa shape index (κ2) is 8.99. The third-order valence-electron chi connectivity index (χ3n) is 4.81. The number of amides is 1. The van der Waals surface area contributed by atoms with Gasteiger partial charge in [-0.1, -0.05) is 33.6 Å². The van der Waals surface area contributed by atoms with Gasteiger partial charge in [-0.15, -0.1) is 0 Å². The van der Waals surface area contributed by atoms with E-state index in [-0.39, 0.29) is 22.4 Å². The summed E-state index contributed by atoms with van der Waals surface area (Å²) in [6.45, 7) is 4.39. The minimum atomic E-state index is -3.90. The Kier molecular flexibility index (Phi) is 6.24. The molecule has 1 aromatic heterocycles. The molecule has 0 saturated heterocycles. The Balaban J connectivity index is 1.89. The van der Waals surface area contributed by atoms with Crippen LogP contribution in [0.3, 0.4) is 0 Å². The average Bonchev–Trinajstić information content (AvgIpc) is 3.28. The van der Waals surface area contributed by atoms with Crippen molar-refractivity contribution in [3.8, 4) is 0 Å². The van der Waals surface area contributed by atoms with Crippen LogP contribution in [0.2, 0.25) is 0 Å². The van der Waals surface area contributed by atoms with Crippen LogP contribution in [-0.4, -0.2) is 36.1 Å². The maximum Gasteiger partial charge on any atom is 0.309 e. The number of ether oxygens (including phenoxy) is 1. The van der Waals surface area contributed by atoms with E-state index in [2.05, 4.69) is 31.2 Å². The number of hydrogen-bond acceptors (Lipinski definition) is 7. The number of halogens is 1. The molecule has 174 valence electrons. The van der Waals surface area contributed by atoms with E-state index in [1.807, 2.05) is 6.92 Å². The fourth-order valence-corrected chi connectivity index (χ4v) is 5.08. The number of nitrogens with one attached hydrogen (secondary N) is 1. The van der Waals surface area contributed by atoms with E-state index >= 15 is 0 Å². The van der Waals surface area contributed by atoms with Gasteiger partial charge in [0.05, 0.1) is 10.4 Å². The third kappa shape index (κ3) is 4.70. The van der Waals surface area contributed by atoms with E-state index in [1.165, 1.54) is 24.0 Å². The predicted molar refractivity (Wildman–Crippen MR) is 132 cm³/mol. The molecule has 2 heterocycles. The van der Waals surface area contributed by atoms with Crippen LogP contribution in [0, 0.1) is 6.92 Å². The molecule has 0 aliphatic carbocycles. The van der Waals surface area contributed by atoms with Gasteiger partial charge in [0.1, 0.15) is 5.70 Å². The van der Waals surface area contributed by atoms with Crippen LogP contribution in [0.5, 0.6) is 0 Å². The Morgan fingerprint density at radius 2 is 1.79 bits per heavy atom. The second-order valence-corrected chi connectivity index (χ2v) is 10.2. The van der Waals surface area contributed by atoms with Crippen LogP contribution in [0.1, 0.15) is 25.0 Å². The number of aliphatic imine (C=N–C) groups is 2. The van der Waals surface area contributed by atoms with Gasteiger partial charge in [-0.25, -0.2) is 17.4 Å². The van der Waals surface area contributed by atoms with Crippen molar-refractivity contribution in [2.75, 3.05) is 0 Å². The molecule has 9 nitrogen and oxygen atoms in total. The zero-order valence-corrected chi connectivity index (χ0v) is 20.8. The lowest BCUT2D eigenvalue weighted by atomic mass is 10.1. The Hall–Kier alpha value is -3.57. The Morgan fingerprint density at radius 1 is 1.09 bits per heavy atom. The van der Waals surface area contributed by atoms with Gasteiger partial charge >= 0.3 is 5.97 Å². The Bertz CT molecular complexity index is 1530. The van der Waals surface area contributed by atoms with E-state index < -0.39 is 21.9 Å². The number of aromatic nitrogens is 1. The molecule has 0 spiro atoms. The molecule has 4 rings (SSSR count). The van der Waals surface area contributed by atoms with Crippen molar-refractivity contribution in [3.05, 3.63) is 70.0 Å². The summed E-state index contributed by atoms with van der Waals surface area (Å²) in [5.41, 5.74) is 2.04. The maximum atomic E-state index is 13.4. The number of guanidine groups is 1. The normalized spacial score (nSPS) is 14.8. The number of fused-ring (bicyclic) bond motifs is 1. The van der Waals surface area contributed by atoms with Crippen LogP contribution in [0.25, 0.3) is 17.0 Å². The molecular formula is C23H19BrN4O5S. The molecule has 0 fully saturated rings. The standard InChI is InChI=1S/C23H19BrN4O5S/c1-13-4-7-18(8-5-13)34(31,32)28-12-16(19-11-17(24)6-9-21(19)28)10-20-22(33-15(3)30)27-23(26-20)25-14(2)29/h4-12H,1-3H3,(H,25,26,29)/b20-10+. The van der Waals surface area contributed by atoms with Crippen LogP contribution in [0.15, 0.2) is 73.7 Å². The number of rotatable bonds is 3. The SMILES string of the molecule is CC(=O)NC1=N/C(=C/c2cn(S(=O)(=O)c3ccc(C)cc3)c3ccc(Br)cc23)C(OC(C)=O)=N1. The molecule has 1 N–H and O–H groups in total. The van der Waals surface area contributed by atoms with Gasteiger partial charge in [0.15, 0.2) is 0 Å². The van der Waals surface area contributed by atoms with Crippen LogP contribution >= 0.6 is 15.9 Å². The van der Waals surface area contributed by atoms with Gasteiger partial charge in [0, 0.05) is 35.5 Å². The van der Waals surface area contributed by atoms with Gasteiger partial charge in [0.2, 0.25) is 11.9 Å². The molecule has 3 aromatic rings. The van der Waals surface area contributed by atoms with E-state index in [1.54, 1.807) is 48.5 Å². The Morgan fingerprint density at radius 3 is 2.44 bits per heavy atom. The molecule has 0 bridgehead atoms. The fraction of sp³-hybridized carbons (Fsp3) is 0.130. The van der Waals surface area contributed by atoms with Gasteiger partial charge < -0.3 is 4.74 Å². The molecule has 11 heteroatoms. The summed E-state index contributed by atoms with van der Waals surface area (Å²) in [6.07, 6.45) is 3.02. The zero-order valence-electron chi connectivity index (χ0n) is 18.4. The number of nitrogens with zero attached hydrogens (tertiary/aromatic N) is 3. The first-order valence-electron chi connectivity index (χ1n) is 10.0. The summed E-state index contributed by atoms with van der Waals surface area (Å²) in [5.74, 6) is -1.15. The zero-order chi connectivity index (χ0) is 24.6. The summed E-state index contributed by atoms with van der Waals surface area (Å²) in [6, 6.07) is 11.8. The highest BCUT2D eigenvalue weighted by molar-refractivity contribution is 9.10. The summed E-state index contributed by atoms with van der Waals surface area (Å²) >= 11 is 3.43. The highest BCUT2D eigenvalue weighted by Gasteiger charge is 2.24. The second-order valence-electron chi connectivity index (χ2n) is 7.52. The lowest BCUT2D eigenvalue weighted by molar-refractivity contribution is -0.132. The van der Waals surface area contributed by atoms with E-state index in [9.17, 15) is 18.0 Å². The predicted octanol–water partition coefficient (Wildman–Crippen LogP) is 3.76. The number of aryl methyl sites for hydroxylation is 1. The first-order valence-corrected chi connectivity index (χ1v) is 12.3. The molecule has 1 aliphatic heterocycles. The fourth-order valence-electron chi connectivity index (χ4n) is 3.34. The highest BCUT2D eigenvalue weighted by Crippen LogP contribution is 2.31. The minimum absolute atomic E-state index is 0.0350. The van der Waals surface area contributed by atoms with Crippen molar-refractivity contribution in [3.63, 3.8) is 0 Å². The Labute approximate surface area is 204 Å². The smallest absolute Gasteiger partial charge is 0.309 e. The largest absolute Gasteiger partial charge is 0.405 e. The number of hydrogen-bond donors (Lipinski definition) is 1. The van der Waals surface area contributed by atoms with Crippen molar-refractivity contribution in [2.45, 2.75) is 25.7 Å². The lowest BCUT2D eigenvalue weighted by Crippen LogP contribution is -2.25. The van der Waals surface area contributed by atoms with Crippen LogP contribution < -0.4 is 5.32 Å². The lowest BCUT2D eigenvalue weighted by Gasteiger charge is -2.08. The molecule has 1 aliphatic rings. The maximum absolute atomic E-state index is 13.4. The molecular weight excluding hydrogens is 524 g/mol. The van der Waals surface area contributed by atoms with Gasteiger partial charge in [-0.3, -0.25) is 14.9 Å². The van der Waals surface area contributed by atoms with Crippen LogP contribution in [-0.2, 0) is 24.3 Å². The molecule has 0 radical (unpaired) electrons. The van der Waals surface area contributed by atoms with Crippen molar-refractivity contribution in [1.82, 2.24) is 9.29 Å². The number of benzene rings is 2. The average molecular weight is 543 g/mol. The number of carbonyl (C=O) groups excluding carboxylic acids is 2. The third-order valence-corrected chi connectivity index (χ3v) is 7.00. The van der Waals surface area contributed by atoms with E-state index in [4.69, 9.17) is 4.74 Å². The highest BCUT2D eigenvalue weighted by atomic mass is 79.9. The summed E-state index contributed by atoms with van der Waals surface area (Å²) in [4.78, 5) is 31.4. The molecule has 1 amide bonds. The van der Waals surface area contributed by atoms with Crippen molar-refractivity contribution < 1.29 is 22.7 Å². The van der Waals surface area contributed by atoms with Gasteiger partial charge in [-0.05, 0) is 43.3 Å². The minimum Gasteiger partial charge on any atom is -0.405 e. The molecule has 2 aromatic carbocycles. The van der Waals surface area contributed by atoms with E-state index in [0.717, 1.165) is 10.0 Å². The molecule has 34 heavy (non-hydrogen) atoms. The number of esters is 1. The topological polar surface area (TPSA) is 119 Å². The summed E-state index contributed by atoms with van der Waals surface area (Å²) < 4.78 is 34.0. The van der Waals surface area contributed by atoms with Gasteiger partial charge in [-0.2, -0.15) is 4.99 Å². The molecule has 0 unspecified atom stereocenters. The summed E-state index contributed by atoms with van der Waals surface area (Å²) in [5, 5.41) is 3.06. The van der Waals surface area contributed by atoms with Crippen molar-refractivity contribution in [2.24, 2.45) is 9.98 Å². The first kappa shape index (κ1) is 23.6. The van der Waals surface area contributed by atoms with Gasteiger partial charge in [0.25, 0.3) is 15.9 Å².